The van der Waals surface area contributed by atoms with Gasteiger partial charge in [-0.3, -0.25) is 0 Å². The van der Waals surface area contributed by atoms with Gasteiger partial charge in [0.1, 0.15) is 0 Å². The molecule has 76 valence electrons. The van der Waals surface area contributed by atoms with Crippen molar-refractivity contribution in [1.29, 1.82) is 0 Å². The second-order valence-corrected chi connectivity index (χ2v) is 3.94. The largest absolute Gasteiger partial charge is 0.327 e. The summed E-state index contributed by atoms with van der Waals surface area (Å²) >= 11 is 0. The minimum atomic E-state index is -0.352. The summed E-state index contributed by atoms with van der Waals surface area (Å²) in [6.45, 7) is 0. The number of pyridine rings is 1. The van der Waals surface area contributed by atoms with Gasteiger partial charge in [-0.2, -0.15) is 4.39 Å². The third kappa shape index (κ3) is 1.77. The van der Waals surface area contributed by atoms with Gasteiger partial charge in [0.2, 0.25) is 5.95 Å². The fourth-order valence-corrected chi connectivity index (χ4v) is 2.22. The maximum absolute atomic E-state index is 13.4. The molecule has 1 aromatic rings. The Kier molecular flexibility index (Phi) is 2.77. The van der Waals surface area contributed by atoms with Crippen molar-refractivity contribution in [2.45, 2.75) is 37.6 Å². The lowest BCUT2D eigenvalue weighted by Crippen LogP contribution is -2.32. The van der Waals surface area contributed by atoms with Crippen LogP contribution in [0.5, 0.6) is 0 Å². The van der Waals surface area contributed by atoms with Crippen LogP contribution >= 0.6 is 0 Å². The molecule has 1 aromatic heterocycles. The van der Waals surface area contributed by atoms with E-state index >= 15 is 0 Å². The molecule has 0 bridgehead atoms. The Morgan fingerprint density at radius 3 is 2.86 bits per heavy atom. The van der Waals surface area contributed by atoms with Crippen LogP contribution in [0.3, 0.4) is 0 Å². The zero-order valence-corrected chi connectivity index (χ0v) is 8.12. The molecule has 14 heavy (non-hydrogen) atoms. The standard InChI is InChI=1S/C11H15FN2/c12-11-9(5-3-7-14-11)8-4-1-2-6-10(8)13/h3,5,7-8,10H,1-2,4,6,13H2. The van der Waals surface area contributed by atoms with E-state index in [0.29, 0.717) is 5.56 Å². The van der Waals surface area contributed by atoms with Gasteiger partial charge >= 0.3 is 0 Å². The monoisotopic (exact) mass is 194 g/mol. The summed E-state index contributed by atoms with van der Waals surface area (Å²) in [4.78, 5) is 3.67. The second-order valence-electron chi connectivity index (χ2n) is 3.94. The summed E-state index contributed by atoms with van der Waals surface area (Å²) < 4.78 is 13.4. The maximum atomic E-state index is 13.4. The molecule has 0 aliphatic heterocycles. The van der Waals surface area contributed by atoms with Crippen LogP contribution < -0.4 is 5.73 Å². The number of hydrogen-bond acceptors (Lipinski definition) is 2. The Bertz CT molecular complexity index is 314. The molecule has 2 N–H and O–H groups in total. The Morgan fingerprint density at radius 1 is 1.36 bits per heavy atom. The first-order valence-corrected chi connectivity index (χ1v) is 5.15. The second kappa shape index (κ2) is 4.05. The van der Waals surface area contributed by atoms with Gasteiger partial charge in [-0.1, -0.05) is 18.9 Å². The minimum Gasteiger partial charge on any atom is -0.327 e. The Morgan fingerprint density at radius 2 is 2.14 bits per heavy atom. The van der Waals surface area contributed by atoms with Crippen LogP contribution in [0.2, 0.25) is 0 Å². The van der Waals surface area contributed by atoms with Crippen LogP contribution in [-0.4, -0.2) is 11.0 Å². The molecule has 2 nitrogen and oxygen atoms in total. The maximum Gasteiger partial charge on any atom is 0.216 e. The highest BCUT2D eigenvalue weighted by atomic mass is 19.1. The van der Waals surface area contributed by atoms with Gasteiger partial charge in [0, 0.05) is 23.7 Å². The quantitative estimate of drug-likeness (QED) is 0.696. The number of rotatable bonds is 1. The average Bonchev–Trinajstić information content (AvgIpc) is 2.20. The van der Waals surface area contributed by atoms with Gasteiger partial charge in [-0.25, -0.2) is 4.98 Å². The van der Waals surface area contributed by atoms with Gasteiger partial charge in [-0.15, -0.1) is 0 Å². The van der Waals surface area contributed by atoms with E-state index in [1.807, 2.05) is 0 Å². The van der Waals surface area contributed by atoms with E-state index in [1.54, 1.807) is 12.1 Å². The molecular weight excluding hydrogens is 179 g/mol. The van der Waals surface area contributed by atoms with Crippen LogP contribution in [0, 0.1) is 5.95 Å². The molecule has 0 amide bonds. The van der Waals surface area contributed by atoms with E-state index in [2.05, 4.69) is 4.98 Å². The highest BCUT2D eigenvalue weighted by Gasteiger charge is 2.25. The number of halogens is 1. The molecule has 0 saturated heterocycles. The molecule has 1 aliphatic carbocycles. The smallest absolute Gasteiger partial charge is 0.216 e. The van der Waals surface area contributed by atoms with Crippen molar-refractivity contribution in [3.63, 3.8) is 0 Å². The molecule has 2 atom stereocenters. The molecule has 0 spiro atoms. The Labute approximate surface area is 83.3 Å². The minimum absolute atomic E-state index is 0.0995. The van der Waals surface area contributed by atoms with Crippen LogP contribution in [0.4, 0.5) is 4.39 Å². The molecule has 3 heteroatoms. The highest BCUT2D eigenvalue weighted by molar-refractivity contribution is 5.19. The van der Waals surface area contributed by atoms with Gasteiger partial charge < -0.3 is 5.73 Å². The van der Waals surface area contributed by atoms with Crippen molar-refractivity contribution >= 4 is 0 Å². The van der Waals surface area contributed by atoms with Crippen molar-refractivity contribution < 1.29 is 4.39 Å². The van der Waals surface area contributed by atoms with Crippen molar-refractivity contribution in [3.05, 3.63) is 29.8 Å². The molecule has 2 unspecified atom stereocenters. The zero-order chi connectivity index (χ0) is 9.97. The third-order valence-electron chi connectivity index (χ3n) is 3.01. The number of nitrogens with two attached hydrogens (primary N) is 1. The van der Waals surface area contributed by atoms with E-state index in [-0.39, 0.29) is 17.9 Å². The normalized spacial score (nSPS) is 27.6. The Hall–Kier alpha value is -0.960. The van der Waals surface area contributed by atoms with Crippen molar-refractivity contribution in [2.75, 3.05) is 0 Å². The summed E-state index contributed by atoms with van der Waals surface area (Å²) in [5, 5.41) is 0. The lowest BCUT2D eigenvalue weighted by Gasteiger charge is -2.28. The number of nitrogens with zero attached hydrogens (tertiary/aromatic N) is 1. The van der Waals surface area contributed by atoms with Crippen LogP contribution in [0.1, 0.15) is 37.2 Å². The van der Waals surface area contributed by atoms with Crippen LogP contribution in [0.25, 0.3) is 0 Å². The summed E-state index contributed by atoms with van der Waals surface area (Å²) in [5.41, 5.74) is 6.68. The van der Waals surface area contributed by atoms with Crippen molar-refractivity contribution in [1.82, 2.24) is 4.98 Å². The van der Waals surface area contributed by atoms with Gasteiger partial charge in [0.05, 0.1) is 0 Å². The van der Waals surface area contributed by atoms with Crippen LogP contribution in [-0.2, 0) is 0 Å². The SMILES string of the molecule is NC1CCCCC1c1cccnc1F. The molecule has 0 radical (unpaired) electrons. The predicted octanol–water partition coefficient (Wildman–Crippen LogP) is 2.21. The van der Waals surface area contributed by atoms with Crippen LogP contribution in [0.15, 0.2) is 18.3 Å². The fourth-order valence-electron chi connectivity index (χ4n) is 2.22. The molecule has 1 aliphatic rings. The number of aromatic nitrogens is 1. The summed E-state index contributed by atoms with van der Waals surface area (Å²) in [5.74, 6) is -0.188. The lowest BCUT2D eigenvalue weighted by atomic mass is 9.81. The zero-order valence-electron chi connectivity index (χ0n) is 8.12. The molecule has 2 rings (SSSR count). The topological polar surface area (TPSA) is 38.9 Å². The average molecular weight is 194 g/mol. The van der Waals surface area contributed by atoms with Crippen molar-refractivity contribution in [3.8, 4) is 0 Å². The molecule has 0 aromatic carbocycles. The third-order valence-corrected chi connectivity index (χ3v) is 3.01. The van der Waals surface area contributed by atoms with Gasteiger partial charge in [0.25, 0.3) is 0 Å². The first kappa shape index (κ1) is 9.59. The van der Waals surface area contributed by atoms with E-state index in [4.69, 9.17) is 5.73 Å². The fraction of sp³-hybridized carbons (Fsp3) is 0.545. The van der Waals surface area contributed by atoms with E-state index in [0.717, 1.165) is 19.3 Å². The molecule has 1 heterocycles. The lowest BCUT2D eigenvalue weighted by molar-refractivity contribution is 0.372. The molecule has 1 fully saturated rings. The van der Waals surface area contributed by atoms with E-state index in [1.165, 1.54) is 12.6 Å². The highest BCUT2D eigenvalue weighted by Crippen LogP contribution is 2.32. The van der Waals surface area contributed by atoms with Crippen molar-refractivity contribution in [2.24, 2.45) is 5.73 Å². The first-order chi connectivity index (χ1) is 6.79. The number of hydrogen-bond donors (Lipinski definition) is 1. The summed E-state index contributed by atoms with van der Waals surface area (Å²) in [7, 11) is 0. The van der Waals surface area contributed by atoms with Gasteiger partial charge in [0.15, 0.2) is 0 Å². The Balaban J connectivity index is 2.25. The summed E-state index contributed by atoms with van der Waals surface area (Å²) in [6, 6.07) is 3.68. The predicted molar refractivity (Wildman–Crippen MR) is 53.4 cm³/mol. The van der Waals surface area contributed by atoms with E-state index in [9.17, 15) is 4.39 Å². The van der Waals surface area contributed by atoms with E-state index < -0.39 is 0 Å². The molecular formula is C11H15FN2. The molecule has 1 saturated carbocycles. The first-order valence-electron chi connectivity index (χ1n) is 5.15. The van der Waals surface area contributed by atoms with Gasteiger partial charge in [-0.05, 0) is 18.9 Å². The summed E-state index contributed by atoms with van der Waals surface area (Å²) in [6.07, 6.45) is 5.78.